The van der Waals surface area contributed by atoms with Gasteiger partial charge in [0.25, 0.3) is 5.91 Å². The van der Waals surface area contributed by atoms with Crippen LogP contribution in [0.3, 0.4) is 0 Å². The number of nitrogens with one attached hydrogen (secondary N) is 2. The van der Waals surface area contributed by atoms with Crippen molar-refractivity contribution in [2.24, 2.45) is 0 Å². The second-order valence-corrected chi connectivity index (χ2v) is 6.27. The Hall–Kier alpha value is -2.51. The Kier molecular flexibility index (Phi) is 3.77. The van der Waals surface area contributed by atoms with Gasteiger partial charge in [0.2, 0.25) is 5.92 Å². The van der Waals surface area contributed by atoms with Gasteiger partial charge < -0.3 is 10.4 Å². The predicted molar refractivity (Wildman–Crippen MR) is 81.2 cm³/mol. The van der Waals surface area contributed by atoms with Gasteiger partial charge in [-0.05, 0) is 37.1 Å². The molecule has 1 aliphatic carbocycles. The van der Waals surface area contributed by atoms with Gasteiger partial charge in [0.1, 0.15) is 11.3 Å². The number of ketones is 1. The van der Waals surface area contributed by atoms with E-state index in [9.17, 15) is 23.5 Å². The molecule has 1 saturated heterocycles. The normalized spacial score (nSPS) is 21.8. The highest BCUT2D eigenvalue weighted by Crippen LogP contribution is 2.41. The molecule has 2 fully saturated rings. The molecule has 1 aromatic carbocycles. The van der Waals surface area contributed by atoms with Crippen LogP contribution in [0.5, 0.6) is 5.75 Å². The molecule has 0 atom stereocenters. The highest BCUT2D eigenvalue weighted by atomic mass is 19.3. The third kappa shape index (κ3) is 2.83. The molecule has 1 aromatic rings. The fraction of sp³-hybridized carbons (Fsp3) is 0.438. The van der Waals surface area contributed by atoms with Gasteiger partial charge in [0, 0.05) is 18.4 Å². The number of Topliss-reactive ketones (excluding diaryl/α,β-unsaturated/α-hetero) is 1. The zero-order valence-electron chi connectivity index (χ0n) is 12.8. The van der Waals surface area contributed by atoms with Gasteiger partial charge >= 0.3 is 0 Å². The van der Waals surface area contributed by atoms with Crippen LogP contribution in [0.15, 0.2) is 24.3 Å². The lowest BCUT2D eigenvalue weighted by Gasteiger charge is -2.34. The van der Waals surface area contributed by atoms with Crippen LogP contribution in [0.4, 0.5) is 8.78 Å². The number of halogens is 2. The predicted octanol–water partition coefficient (Wildman–Crippen LogP) is 1.89. The van der Waals surface area contributed by atoms with Crippen molar-refractivity contribution in [3.8, 4) is 5.75 Å². The Morgan fingerprint density at radius 3 is 2.38 bits per heavy atom. The van der Waals surface area contributed by atoms with E-state index in [-0.39, 0.29) is 31.1 Å². The molecule has 6 nitrogen and oxygen atoms in total. The van der Waals surface area contributed by atoms with Crippen molar-refractivity contribution >= 4 is 17.6 Å². The van der Waals surface area contributed by atoms with Crippen molar-refractivity contribution in [2.45, 2.75) is 37.1 Å². The van der Waals surface area contributed by atoms with Crippen LogP contribution in [-0.4, -0.2) is 45.7 Å². The molecular formula is C16H17F2N3O3. The minimum Gasteiger partial charge on any atom is -0.508 e. The van der Waals surface area contributed by atoms with E-state index in [4.69, 9.17) is 5.41 Å². The number of carbonyl (C=O) groups is 2. The summed E-state index contributed by atoms with van der Waals surface area (Å²) in [5.74, 6) is -3.91. The van der Waals surface area contributed by atoms with Crippen molar-refractivity contribution in [3.05, 3.63) is 29.8 Å². The molecule has 0 unspecified atom stereocenters. The largest absolute Gasteiger partial charge is 0.508 e. The van der Waals surface area contributed by atoms with Crippen LogP contribution >= 0.6 is 0 Å². The average Bonchev–Trinajstić information content (AvgIpc) is 2.76. The number of phenolic OH excluding ortho intramolecular Hbond substituents is 1. The Morgan fingerprint density at radius 2 is 1.79 bits per heavy atom. The second-order valence-electron chi connectivity index (χ2n) is 6.27. The first-order chi connectivity index (χ1) is 11.2. The van der Waals surface area contributed by atoms with Crippen molar-refractivity contribution in [1.29, 1.82) is 5.41 Å². The van der Waals surface area contributed by atoms with Crippen LogP contribution in [0.2, 0.25) is 0 Å². The Balaban J connectivity index is 1.73. The minimum absolute atomic E-state index is 0.0142. The molecule has 3 rings (SSSR count). The van der Waals surface area contributed by atoms with Crippen molar-refractivity contribution in [3.63, 3.8) is 0 Å². The highest BCUT2D eigenvalue weighted by molar-refractivity contribution is 6.11. The van der Waals surface area contributed by atoms with Gasteiger partial charge in [-0.1, -0.05) is 0 Å². The van der Waals surface area contributed by atoms with E-state index in [0.29, 0.717) is 5.56 Å². The number of rotatable bonds is 3. The smallest absolute Gasteiger partial charge is 0.255 e. The van der Waals surface area contributed by atoms with Gasteiger partial charge in [-0.2, -0.15) is 0 Å². The summed E-state index contributed by atoms with van der Waals surface area (Å²) < 4.78 is 26.7. The Labute approximate surface area is 137 Å². The first-order valence-corrected chi connectivity index (χ1v) is 7.61. The van der Waals surface area contributed by atoms with Crippen molar-refractivity contribution in [2.75, 3.05) is 6.54 Å². The van der Waals surface area contributed by atoms with Crippen molar-refractivity contribution in [1.82, 2.24) is 10.2 Å². The summed E-state index contributed by atoms with van der Waals surface area (Å²) >= 11 is 0. The molecule has 0 aromatic heterocycles. The number of aromatic hydroxyl groups is 1. The number of nitrogens with zero attached hydrogens (tertiary/aromatic N) is 1. The molecule has 1 spiro atoms. The number of alkyl halides is 2. The molecule has 3 N–H and O–H groups in total. The van der Waals surface area contributed by atoms with Gasteiger partial charge in [0.05, 0.1) is 6.54 Å². The lowest BCUT2D eigenvalue weighted by atomic mass is 9.80. The van der Waals surface area contributed by atoms with E-state index in [1.54, 1.807) is 0 Å². The average molecular weight is 337 g/mol. The van der Waals surface area contributed by atoms with Crippen molar-refractivity contribution < 1.29 is 23.5 Å². The molecule has 1 saturated carbocycles. The van der Waals surface area contributed by atoms with E-state index in [2.05, 4.69) is 5.32 Å². The zero-order chi connectivity index (χ0) is 17.5. The van der Waals surface area contributed by atoms with Crippen LogP contribution in [-0.2, 0) is 4.79 Å². The molecule has 1 amide bonds. The summed E-state index contributed by atoms with van der Waals surface area (Å²) in [5, 5.41) is 19.8. The fourth-order valence-corrected chi connectivity index (χ4v) is 3.12. The molecule has 8 heteroatoms. The number of phenols is 1. The molecular weight excluding hydrogens is 320 g/mol. The quantitative estimate of drug-likeness (QED) is 0.734. The van der Waals surface area contributed by atoms with Crippen LogP contribution in [0.25, 0.3) is 0 Å². The maximum absolute atomic E-state index is 13.3. The molecule has 0 radical (unpaired) electrons. The topological polar surface area (TPSA) is 93.5 Å². The summed E-state index contributed by atoms with van der Waals surface area (Å²) in [5.41, 5.74) is -0.905. The summed E-state index contributed by atoms with van der Waals surface area (Å²) in [7, 11) is 0. The number of guanidine groups is 1. The summed E-state index contributed by atoms with van der Waals surface area (Å²) in [4.78, 5) is 25.9. The first kappa shape index (κ1) is 16.4. The molecule has 24 heavy (non-hydrogen) atoms. The van der Waals surface area contributed by atoms with Gasteiger partial charge in [-0.25, -0.2) is 8.78 Å². The number of carbonyl (C=O) groups excluding carboxylic acids is 2. The Bertz CT molecular complexity index is 693. The zero-order valence-corrected chi connectivity index (χ0v) is 12.8. The molecule has 0 bridgehead atoms. The number of benzene rings is 1. The molecule has 128 valence electrons. The van der Waals surface area contributed by atoms with Crippen LogP contribution in [0, 0.1) is 5.41 Å². The maximum Gasteiger partial charge on any atom is 0.255 e. The number of hydrogen-bond acceptors (Lipinski definition) is 4. The lowest BCUT2D eigenvalue weighted by molar-refractivity contribution is -0.135. The minimum atomic E-state index is -2.79. The summed E-state index contributed by atoms with van der Waals surface area (Å²) in [6.07, 6.45) is -0.965. The molecule has 1 heterocycles. The van der Waals surface area contributed by atoms with E-state index in [1.165, 1.54) is 24.3 Å². The fourth-order valence-electron chi connectivity index (χ4n) is 3.12. The second kappa shape index (κ2) is 5.54. The number of amides is 1. The standard InChI is InChI=1S/C16H17F2N3O3/c17-16(18)7-5-15(6-8-16)13(24)21(14(19)20-15)9-12(23)10-1-3-11(22)4-2-10/h1-4,22H,5-9H2,(H2,19,20). The third-order valence-corrected chi connectivity index (χ3v) is 4.61. The van der Waals surface area contributed by atoms with E-state index in [1.807, 2.05) is 0 Å². The van der Waals surface area contributed by atoms with E-state index in [0.717, 1.165) is 4.90 Å². The van der Waals surface area contributed by atoms with Crippen LogP contribution < -0.4 is 5.32 Å². The highest BCUT2D eigenvalue weighted by Gasteiger charge is 2.54. The van der Waals surface area contributed by atoms with E-state index >= 15 is 0 Å². The van der Waals surface area contributed by atoms with Crippen LogP contribution in [0.1, 0.15) is 36.0 Å². The summed E-state index contributed by atoms with van der Waals surface area (Å²) in [6.45, 7) is -0.340. The summed E-state index contributed by atoms with van der Waals surface area (Å²) in [6, 6.07) is 5.55. The Morgan fingerprint density at radius 1 is 1.21 bits per heavy atom. The molecule has 1 aliphatic heterocycles. The number of hydrogen-bond donors (Lipinski definition) is 3. The SMILES string of the molecule is N=C1NC2(CCC(F)(F)CC2)C(=O)N1CC(=O)c1ccc(O)cc1. The maximum atomic E-state index is 13.3. The first-order valence-electron chi connectivity index (χ1n) is 7.61. The van der Waals surface area contributed by atoms with Gasteiger partial charge in [-0.15, -0.1) is 0 Å². The monoisotopic (exact) mass is 337 g/mol. The van der Waals surface area contributed by atoms with E-state index < -0.39 is 36.0 Å². The van der Waals surface area contributed by atoms with Gasteiger partial charge in [0.15, 0.2) is 11.7 Å². The molecule has 2 aliphatic rings. The third-order valence-electron chi connectivity index (χ3n) is 4.61. The van der Waals surface area contributed by atoms with Gasteiger partial charge in [-0.3, -0.25) is 19.9 Å². The lowest BCUT2D eigenvalue weighted by Crippen LogP contribution is -2.51.